The van der Waals surface area contributed by atoms with E-state index in [9.17, 15) is 18.9 Å². The van der Waals surface area contributed by atoms with Gasteiger partial charge in [-0.1, -0.05) is 65.3 Å². The van der Waals surface area contributed by atoms with E-state index in [1.165, 1.54) is 29.9 Å². The van der Waals surface area contributed by atoms with Gasteiger partial charge in [0.05, 0.1) is 12.7 Å². The molecule has 1 aromatic heterocycles. The van der Waals surface area contributed by atoms with Gasteiger partial charge in [-0.15, -0.1) is 0 Å². The van der Waals surface area contributed by atoms with Crippen LogP contribution in [0.2, 0.25) is 5.02 Å². The van der Waals surface area contributed by atoms with Crippen LogP contribution in [0.3, 0.4) is 0 Å². The fourth-order valence-corrected chi connectivity index (χ4v) is 4.62. The van der Waals surface area contributed by atoms with Gasteiger partial charge in [0.15, 0.2) is 0 Å². The minimum atomic E-state index is -0.737. The maximum Gasteiger partial charge on any atom is 0.340 e. The smallest absolute Gasteiger partial charge is 0.340 e. The van der Waals surface area contributed by atoms with Crippen molar-refractivity contribution in [2.45, 2.75) is 18.4 Å². The third-order valence-electron chi connectivity index (χ3n) is 6.38. The lowest BCUT2D eigenvalue weighted by molar-refractivity contribution is 0.0595. The fraction of sp³-hybridized carbons (Fsp3) is 0.172. The summed E-state index contributed by atoms with van der Waals surface area (Å²) in [6.45, 7) is 0. The lowest BCUT2D eigenvalue weighted by Gasteiger charge is -2.22. The molecule has 2 unspecified atom stereocenters. The average Bonchev–Trinajstić information content (AvgIpc) is 2.91. The normalized spacial score (nSPS) is 12.5. The molecule has 0 amide bonds. The number of esters is 1. The third kappa shape index (κ3) is 5.67. The summed E-state index contributed by atoms with van der Waals surface area (Å²) in [5.74, 6) is -1.68. The van der Waals surface area contributed by atoms with E-state index in [-0.39, 0.29) is 17.0 Å². The summed E-state index contributed by atoms with van der Waals surface area (Å²) in [6.07, 6.45) is 1.95. The molecule has 0 aliphatic heterocycles. The van der Waals surface area contributed by atoms with E-state index in [4.69, 9.17) is 11.6 Å². The van der Waals surface area contributed by atoms with Crippen LogP contribution in [0.5, 0.6) is 0 Å². The van der Waals surface area contributed by atoms with Gasteiger partial charge in [-0.3, -0.25) is 4.79 Å². The highest BCUT2D eigenvalue weighted by molar-refractivity contribution is 6.31. The monoisotopic (exact) mass is 518 g/mol. The van der Waals surface area contributed by atoms with E-state index in [1.807, 2.05) is 42.5 Å². The summed E-state index contributed by atoms with van der Waals surface area (Å²) in [5, 5.41) is 3.92. The Morgan fingerprint density at radius 2 is 1.68 bits per heavy atom. The Kier molecular flexibility index (Phi) is 7.94. The Morgan fingerprint density at radius 1 is 1.00 bits per heavy atom. The van der Waals surface area contributed by atoms with Gasteiger partial charge in [0.25, 0.3) is 0 Å². The maximum absolute atomic E-state index is 14.5. The number of ether oxygens (including phenoxy) is 1. The number of methoxy groups -OCH3 is 1. The predicted octanol–water partition coefficient (Wildman–Crippen LogP) is 6.66. The summed E-state index contributed by atoms with van der Waals surface area (Å²) in [4.78, 5) is 35.4. The largest absolute Gasteiger partial charge is 0.465 e. The first kappa shape index (κ1) is 26.0. The predicted molar refractivity (Wildman–Crippen MR) is 141 cm³/mol. The van der Waals surface area contributed by atoms with Gasteiger partial charge in [-0.25, -0.2) is 9.18 Å². The van der Waals surface area contributed by atoms with Crippen molar-refractivity contribution in [2.24, 2.45) is 12.2 Å². The highest BCUT2D eigenvalue weighted by Crippen LogP contribution is 2.39. The fourth-order valence-electron chi connectivity index (χ4n) is 4.35. The number of nitroso groups, excluding NO2 is 1. The first-order valence-electron chi connectivity index (χ1n) is 11.5. The van der Waals surface area contributed by atoms with Crippen LogP contribution in [0.15, 0.2) is 95.0 Å². The zero-order valence-corrected chi connectivity index (χ0v) is 21.0. The first-order chi connectivity index (χ1) is 17.8. The molecule has 0 aliphatic rings. The second-order valence-electron chi connectivity index (χ2n) is 8.65. The highest BCUT2D eigenvalue weighted by atomic mass is 35.5. The molecular weight excluding hydrogens is 495 g/mol. The molecule has 3 aromatic carbocycles. The highest BCUT2D eigenvalue weighted by Gasteiger charge is 2.24. The molecule has 0 bridgehead atoms. The molecular formula is C29H24ClFN2O4. The Bertz CT molecular complexity index is 1500. The van der Waals surface area contributed by atoms with Gasteiger partial charge >= 0.3 is 5.97 Å². The summed E-state index contributed by atoms with van der Waals surface area (Å²) in [6, 6.07) is 21.6. The number of carbonyl (C=O) groups is 1. The first-order valence-corrected chi connectivity index (χ1v) is 11.9. The molecule has 2 atom stereocenters. The van der Waals surface area contributed by atoms with Crippen LogP contribution in [0.1, 0.15) is 45.4 Å². The quantitative estimate of drug-likeness (QED) is 0.193. The van der Waals surface area contributed by atoms with Crippen molar-refractivity contribution in [1.29, 1.82) is 0 Å². The number of aromatic nitrogens is 1. The molecule has 6 nitrogen and oxygen atoms in total. The van der Waals surface area contributed by atoms with Gasteiger partial charge in [0.2, 0.25) is 5.56 Å². The number of carbonyl (C=O) groups excluding carboxylic acids is 1. The van der Waals surface area contributed by atoms with Crippen LogP contribution in [0, 0.1) is 10.7 Å². The Hall–Kier alpha value is -4.10. The Labute approximate surface area is 218 Å². The number of halogens is 2. The zero-order valence-electron chi connectivity index (χ0n) is 20.2. The average molecular weight is 519 g/mol. The molecule has 0 spiro atoms. The number of rotatable bonds is 8. The molecule has 0 radical (unpaired) electrons. The standard InChI is InChI=1S/C29H24ClFN2O4/c1-33-17-21(12-14-28(33)34)27(32-36)16-24(22-5-3-4-6-25(22)30)19-9-7-18(8-10-19)20-11-13-23(26(31)15-20)29(35)37-2/h3-15,17,24,27H,16H2,1-2H3. The van der Waals surface area contributed by atoms with Crippen LogP contribution < -0.4 is 5.56 Å². The van der Waals surface area contributed by atoms with Crippen LogP contribution >= 0.6 is 11.6 Å². The molecule has 8 heteroatoms. The van der Waals surface area contributed by atoms with Gasteiger partial charge in [-0.2, -0.15) is 4.91 Å². The lowest BCUT2D eigenvalue weighted by atomic mass is 9.84. The number of nitrogens with zero attached hydrogens (tertiary/aromatic N) is 2. The van der Waals surface area contributed by atoms with Crippen LogP contribution in [-0.4, -0.2) is 17.6 Å². The Balaban J connectivity index is 1.70. The van der Waals surface area contributed by atoms with Crippen LogP contribution in [-0.2, 0) is 11.8 Å². The third-order valence-corrected chi connectivity index (χ3v) is 6.73. The number of aryl methyl sites for hydroxylation is 1. The van der Waals surface area contributed by atoms with E-state index in [0.29, 0.717) is 22.6 Å². The van der Waals surface area contributed by atoms with Crippen molar-refractivity contribution in [1.82, 2.24) is 4.57 Å². The topological polar surface area (TPSA) is 77.7 Å². The van der Waals surface area contributed by atoms with Crippen molar-refractivity contribution in [2.75, 3.05) is 7.11 Å². The molecule has 4 aromatic rings. The van der Waals surface area contributed by atoms with E-state index >= 15 is 0 Å². The van der Waals surface area contributed by atoms with Gasteiger partial charge in [-0.05, 0) is 58.5 Å². The molecule has 0 N–H and O–H groups in total. The van der Waals surface area contributed by atoms with Gasteiger partial charge in [0.1, 0.15) is 11.9 Å². The number of hydrogen-bond donors (Lipinski definition) is 0. The van der Waals surface area contributed by atoms with E-state index in [1.54, 1.807) is 31.4 Å². The zero-order chi connectivity index (χ0) is 26.5. The van der Waals surface area contributed by atoms with Gasteiger partial charge in [0, 0.05) is 30.3 Å². The van der Waals surface area contributed by atoms with E-state index in [0.717, 1.165) is 16.7 Å². The van der Waals surface area contributed by atoms with Crippen LogP contribution in [0.4, 0.5) is 4.39 Å². The van der Waals surface area contributed by atoms with E-state index < -0.39 is 17.8 Å². The number of pyridine rings is 1. The van der Waals surface area contributed by atoms with E-state index in [2.05, 4.69) is 9.91 Å². The lowest BCUT2D eigenvalue weighted by Crippen LogP contribution is -2.16. The molecule has 188 valence electrons. The van der Waals surface area contributed by atoms with Crippen LogP contribution in [0.25, 0.3) is 11.1 Å². The van der Waals surface area contributed by atoms with Crippen molar-refractivity contribution < 1.29 is 13.9 Å². The SMILES string of the molecule is COC(=O)c1ccc(-c2ccc(C(CC(N=O)c3ccc(=O)n(C)c3)c3ccccc3Cl)cc2)cc1F. The molecule has 0 saturated heterocycles. The second kappa shape index (κ2) is 11.3. The molecule has 37 heavy (non-hydrogen) atoms. The second-order valence-corrected chi connectivity index (χ2v) is 9.06. The molecule has 1 heterocycles. The summed E-state index contributed by atoms with van der Waals surface area (Å²) in [5.41, 5.74) is 3.40. The summed E-state index contributed by atoms with van der Waals surface area (Å²) in [7, 11) is 2.83. The van der Waals surface area contributed by atoms with Crippen molar-refractivity contribution in [3.8, 4) is 11.1 Å². The molecule has 0 aliphatic carbocycles. The summed E-state index contributed by atoms with van der Waals surface area (Å²) < 4.78 is 20.5. The van der Waals surface area contributed by atoms with Gasteiger partial charge < -0.3 is 9.30 Å². The molecule has 4 rings (SSSR count). The van der Waals surface area contributed by atoms with Crippen molar-refractivity contribution in [3.05, 3.63) is 133 Å². The number of hydrogen-bond acceptors (Lipinski definition) is 5. The number of benzene rings is 3. The minimum Gasteiger partial charge on any atom is -0.465 e. The maximum atomic E-state index is 14.5. The molecule has 0 saturated carbocycles. The van der Waals surface area contributed by atoms with Crippen molar-refractivity contribution >= 4 is 17.6 Å². The summed E-state index contributed by atoms with van der Waals surface area (Å²) >= 11 is 6.55. The minimum absolute atomic E-state index is 0.132. The van der Waals surface area contributed by atoms with Crippen molar-refractivity contribution in [3.63, 3.8) is 0 Å². The molecule has 0 fully saturated rings. The Morgan fingerprint density at radius 3 is 2.30 bits per heavy atom.